The fraction of sp³-hybridized carbons (Fsp3) is 0.483. The van der Waals surface area contributed by atoms with Crippen LogP contribution in [0.2, 0.25) is 0 Å². The van der Waals surface area contributed by atoms with Crippen LogP contribution in [0.25, 0.3) is 0 Å². The fourth-order valence-corrected chi connectivity index (χ4v) is 5.47. The molecular formula is C29H37NO3. The lowest BCUT2D eigenvalue weighted by Crippen LogP contribution is -2.45. The second-order valence-corrected chi connectivity index (χ2v) is 9.90. The second-order valence-electron chi connectivity index (χ2n) is 9.90. The van der Waals surface area contributed by atoms with Gasteiger partial charge in [0.2, 0.25) is 0 Å². The quantitative estimate of drug-likeness (QED) is 0.535. The van der Waals surface area contributed by atoms with Crippen molar-refractivity contribution in [3.05, 3.63) is 70.3 Å². The first-order chi connectivity index (χ1) is 15.8. The van der Waals surface area contributed by atoms with Crippen molar-refractivity contribution in [3.63, 3.8) is 0 Å². The van der Waals surface area contributed by atoms with Crippen LogP contribution in [0.15, 0.2) is 47.5 Å². The molecule has 0 aliphatic carbocycles. The molecule has 0 spiro atoms. The third-order valence-electron chi connectivity index (χ3n) is 7.75. The minimum absolute atomic E-state index is 0.0278. The first-order valence-corrected chi connectivity index (χ1v) is 12.1. The van der Waals surface area contributed by atoms with E-state index in [0.29, 0.717) is 6.61 Å². The molecule has 176 valence electrons. The van der Waals surface area contributed by atoms with Crippen LogP contribution >= 0.6 is 0 Å². The molecule has 4 rings (SSSR count). The van der Waals surface area contributed by atoms with Crippen molar-refractivity contribution < 1.29 is 14.6 Å². The molecule has 0 aromatic heterocycles. The predicted molar refractivity (Wildman–Crippen MR) is 135 cm³/mol. The molecule has 0 radical (unpaired) electrons. The second kappa shape index (κ2) is 9.34. The van der Waals surface area contributed by atoms with E-state index in [-0.39, 0.29) is 23.7 Å². The smallest absolute Gasteiger partial charge is 0.127 e. The summed E-state index contributed by atoms with van der Waals surface area (Å²) in [6.07, 6.45) is 9.49. The number of allylic oxidation sites excluding steroid dienone is 1. The Kier molecular flexibility index (Phi) is 6.67. The van der Waals surface area contributed by atoms with Gasteiger partial charge in [-0.05, 0) is 81.7 Å². The van der Waals surface area contributed by atoms with Crippen LogP contribution in [0.3, 0.4) is 0 Å². The average Bonchev–Trinajstić information content (AvgIpc) is 3.32. The molecule has 0 saturated carbocycles. The fourth-order valence-electron chi connectivity index (χ4n) is 5.47. The Balaban J connectivity index is 1.58. The molecule has 2 aliphatic rings. The van der Waals surface area contributed by atoms with Crippen molar-refractivity contribution in [3.8, 4) is 11.5 Å². The topological polar surface area (TPSA) is 51.0 Å². The SMILES string of the molecule is CCC1(C(CO)CC2(C)CCc3c(C)c(OCc4ccccc4)c(C)c(C)c3O2)C=CC=N1. The van der Waals surface area contributed by atoms with Crippen molar-refractivity contribution >= 4 is 6.21 Å². The van der Waals surface area contributed by atoms with E-state index in [9.17, 15) is 5.11 Å². The summed E-state index contributed by atoms with van der Waals surface area (Å²) in [6.45, 7) is 11.4. The molecule has 0 bridgehead atoms. The predicted octanol–water partition coefficient (Wildman–Crippen LogP) is 6.06. The number of aliphatic hydroxyl groups excluding tert-OH is 1. The van der Waals surface area contributed by atoms with Crippen LogP contribution in [0, 0.1) is 26.7 Å². The Bertz CT molecular complexity index is 1040. The Morgan fingerprint density at radius 1 is 1.12 bits per heavy atom. The average molecular weight is 448 g/mol. The summed E-state index contributed by atoms with van der Waals surface area (Å²) in [6, 6.07) is 10.3. The zero-order valence-corrected chi connectivity index (χ0v) is 20.6. The summed E-state index contributed by atoms with van der Waals surface area (Å²) in [5.41, 5.74) is 5.22. The van der Waals surface area contributed by atoms with Gasteiger partial charge in [0, 0.05) is 24.3 Å². The number of aliphatic hydroxyl groups is 1. The molecule has 0 fully saturated rings. The summed E-state index contributed by atoms with van der Waals surface area (Å²) < 4.78 is 13.1. The molecular weight excluding hydrogens is 410 g/mol. The van der Waals surface area contributed by atoms with Crippen LogP contribution in [-0.2, 0) is 13.0 Å². The maximum Gasteiger partial charge on any atom is 0.127 e. The first-order valence-electron chi connectivity index (χ1n) is 12.1. The highest BCUT2D eigenvalue weighted by Gasteiger charge is 2.43. The lowest BCUT2D eigenvalue weighted by Gasteiger charge is -2.42. The standard InChI is InChI=1S/C29H37NO3/c1-6-29(14-10-16-30-29)24(18-31)17-28(5)15-13-25-22(4)26(20(2)21(3)27(25)33-28)32-19-23-11-8-7-9-12-23/h7-12,14,16,24,31H,6,13,15,17-19H2,1-5H3. The van der Waals surface area contributed by atoms with Gasteiger partial charge < -0.3 is 14.6 Å². The van der Waals surface area contributed by atoms with E-state index in [1.165, 1.54) is 16.7 Å². The van der Waals surface area contributed by atoms with Gasteiger partial charge in [-0.15, -0.1) is 0 Å². The van der Waals surface area contributed by atoms with Gasteiger partial charge in [-0.3, -0.25) is 4.99 Å². The van der Waals surface area contributed by atoms with Gasteiger partial charge in [-0.25, -0.2) is 0 Å². The number of ether oxygens (including phenoxy) is 2. The van der Waals surface area contributed by atoms with Gasteiger partial charge in [0.25, 0.3) is 0 Å². The minimum atomic E-state index is -0.343. The van der Waals surface area contributed by atoms with Crippen molar-refractivity contribution in [2.24, 2.45) is 10.9 Å². The normalized spacial score (nSPS) is 24.4. The number of hydrogen-bond donors (Lipinski definition) is 1. The summed E-state index contributed by atoms with van der Waals surface area (Å²) in [5.74, 6) is 2.00. The van der Waals surface area contributed by atoms with Crippen LogP contribution in [0.4, 0.5) is 0 Å². The molecule has 2 aromatic rings. The third-order valence-corrected chi connectivity index (χ3v) is 7.75. The number of benzene rings is 2. The third kappa shape index (κ3) is 4.46. The van der Waals surface area contributed by atoms with Crippen LogP contribution in [0.1, 0.15) is 60.9 Å². The molecule has 3 unspecified atom stereocenters. The van der Waals surface area contributed by atoms with Crippen molar-refractivity contribution in [2.75, 3.05) is 6.61 Å². The number of fused-ring (bicyclic) bond motifs is 1. The molecule has 4 heteroatoms. The largest absolute Gasteiger partial charge is 0.488 e. The molecule has 2 aliphatic heterocycles. The highest BCUT2D eigenvalue weighted by atomic mass is 16.5. The molecule has 3 atom stereocenters. The Labute approximate surface area is 198 Å². The van der Waals surface area contributed by atoms with E-state index >= 15 is 0 Å². The highest BCUT2D eigenvalue weighted by Crippen LogP contribution is 2.46. The van der Waals surface area contributed by atoms with Gasteiger partial charge in [0.15, 0.2) is 0 Å². The lowest BCUT2D eigenvalue weighted by molar-refractivity contribution is 0.0146. The Morgan fingerprint density at radius 3 is 2.52 bits per heavy atom. The molecule has 4 nitrogen and oxygen atoms in total. The lowest BCUT2D eigenvalue weighted by atomic mass is 9.74. The molecule has 0 amide bonds. The van der Waals surface area contributed by atoms with Gasteiger partial charge >= 0.3 is 0 Å². The van der Waals surface area contributed by atoms with Gasteiger partial charge in [-0.2, -0.15) is 0 Å². The number of hydrogen-bond acceptors (Lipinski definition) is 4. The minimum Gasteiger partial charge on any atom is -0.488 e. The van der Waals surface area contributed by atoms with Crippen molar-refractivity contribution in [1.29, 1.82) is 0 Å². The molecule has 2 aromatic carbocycles. The van der Waals surface area contributed by atoms with Gasteiger partial charge in [-0.1, -0.05) is 43.3 Å². The molecule has 33 heavy (non-hydrogen) atoms. The van der Waals surface area contributed by atoms with E-state index < -0.39 is 0 Å². The summed E-state index contributed by atoms with van der Waals surface area (Å²) in [7, 11) is 0. The zero-order valence-electron chi connectivity index (χ0n) is 20.6. The number of nitrogens with zero attached hydrogens (tertiary/aromatic N) is 1. The van der Waals surface area contributed by atoms with E-state index in [1.807, 2.05) is 30.5 Å². The summed E-state index contributed by atoms with van der Waals surface area (Å²) in [5, 5.41) is 10.3. The van der Waals surface area contributed by atoms with E-state index in [4.69, 9.17) is 14.5 Å². The maximum absolute atomic E-state index is 10.3. The van der Waals surface area contributed by atoms with Gasteiger partial charge in [0.05, 0.1) is 5.54 Å². The van der Waals surface area contributed by atoms with E-state index in [0.717, 1.165) is 48.3 Å². The van der Waals surface area contributed by atoms with Crippen LogP contribution in [-0.4, -0.2) is 29.1 Å². The first kappa shape index (κ1) is 23.6. The zero-order chi connectivity index (χ0) is 23.6. The number of rotatable bonds is 8. The van der Waals surface area contributed by atoms with Crippen molar-refractivity contribution in [1.82, 2.24) is 0 Å². The maximum atomic E-state index is 10.3. The molecule has 0 saturated heterocycles. The van der Waals surface area contributed by atoms with Gasteiger partial charge in [0.1, 0.15) is 23.7 Å². The summed E-state index contributed by atoms with van der Waals surface area (Å²) in [4.78, 5) is 4.73. The monoisotopic (exact) mass is 447 g/mol. The molecule has 2 heterocycles. The summed E-state index contributed by atoms with van der Waals surface area (Å²) >= 11 is 0. The van der Waals surface area contributed by atoms with E-state index in [1.54, 1.807) is 0 Å². The van der Waals surface area contributed by atoms with Crippen LogP contribution < -0.4 is 9.47 Å². The van der Waals surface area contributed by atoms with Crippen LogP contribution in [0.5, 0.6) is 11.5 Å². The molecule has 1 N–H and O–H groups in total. The number of aliphatic imine (C=N–C) groups is 1. The van der Waals surface area contributed by atoms with Crippen molar-refractivity contribution in [2.45, 2.75) is 78.0 Å². The van der Waals surface area contributed by atoms with E-state index in [2.05, 4.69) is 52.8 Å². The Morgan fingerprint density at radius 2 is 1.88 bits per heavy atom. The highest BCUT2D eigenvalue weighted by molar-refractivity contribution is 5.75. The Hall–Kier alpha value is -2.59.